The maximum absolute atomic E-state index is 15.2. The van der Waals surface area contributed by atoms with E-state index in [4.69, 9.17) is 4.74 Å². The number of anilines is 1. The molecule has 0 saturated carbocycles. The van der Waals surface area contributed by atoms with Gasteiger partial charge in [-0.1, -0.05) is 39.6 Å². The van der Waals surface area contributed by atoms with Gasteiger partial charge >= 0.3 is 0 Å². The second-order valence-electron chi connectivity index (χ2n) is 13.6. The van der Waals surface area contributed by atoms with Crippen LogP contribution < -0.4 is 10.9 Å². The van der Waals surface area contributed by atoms with Gasteiger partial charge in [0.2, 0.25) is 11.8 Å². The Labute approximate surface area is 267 Å². The van der Waals surface area contributed by atoms with E-state index in [9.17, 15) is 14.4 Å². The molecule has 45 heavy (non-hydrogen) atoms. The molecule has 0 radical (unpaired) electrons. The Morgan fingerprint density at radius 2 is 1.87 bits per heavy atom. The second kappa shape index (κ2) is 15.6. The van der Waals surface area contributed by atoms with Crippen LogP contribution in [-0.2, 0) is 34.0 Å². The van der Waals surface area contributed by atoms with E-state index in [1.807, 2.05) is 24.5 Å². The summed E-state index contributed by atoms with van der Waals surface area (Å²) in [7, 11) is 2.04. The molecular formula is C34H50FN5O4Si. The lowest BCUT2D eigenvalue weighted by atomic mass is 10.0. The number of ether oxygens (including phenoxy) is 1. The van der Waals surface area contributed by atoms with Gasteiger partial charge in [0.15, 0.2) is 0 Å². The predicted octanol–water partition coefficient (Wildman–Crippen LogP) is 6.27. The number of carbonyl (C=O) groups excluding carboxylic acids is 2. The molecule has 0 atom stereocenters. The molecule has 3 aromatic heterocycles. The van der Waals surface area contributed by atoms with Crippen LogP contribution in [0.25, 0.3) is 11.0 Å². The van der Waals surface area contributed by atoms with Gasteiger partial charge in [-0.25, -0.2) is 4.39 Å². The van der Waals surface area contributed by atoms with Crippen molar-refractivity contribution in [1.29, 1.82) is 0 Å². The summed E-state index contributed by atoms with van der Waals surface area (Å²) >= 11 is 0. The largest absolute Gasteiger partial charge is 0.361 e. The minimum Gasteiger partial charge on any atom is -0.361 e. The van der Waals surface area contributed by atoms with E-state index >= 15 is 4.39 Å². The Morgan fingerprint density at radius 1 is 1.16 bits per heavy atom. The number of rotatable bonds is 15. The monoisotopic (exact) mass is 639 g/mol. The topological polar surface area (TPSA) is 98.5 Å². The van der Waals surface area contributed by atoms with Gasteiger partial charge in [0, 0.05) is 52.1 Å². The molecule has 0 saturated heterocycles. The van der Waals surface area contributed by atoms with Crippen LogP contribution in [0.2, 0.25) is 25.7 Å². The van der Waals surface area contributed by atoms with E-state index in [0.29, 0.717) is 42.5 Å². The highest BCUT2D eigenvalue weighted by Crippen LogP contribution is 2.31. The highest BCUT2D eigenvalue weighted by Gasteiger charge is 2.23. The average molecular weight is 640 g/mol. The number of pyridine rings is 2. The van der Waals surface area contributed by atoms with Gasteiger partial charge in [0.25, 0.3) is 5.56 Å². The summed E-state index contributed by atoms with van der Waals surface area (Å²) in [5.74, 6) is -0.494. The fraction of sp³-hybridized carbons (Fsp3) is 0.529. The number of fused-ring (bicyclic) bond motifs is 1. The van der Waals surface area contributed by atoms with E-state index < -0.39 is 8.07 Å². The number of nitrogens with one attached hydrogen (secondary N) is 1. The number of amides is 2. The van der Waals surface area contributed by atoms with Crippen molar-refractivity contribution in [2.75, 3.05) is 26.0 Å². The van der Waals surface area contributed by atoms with Gasteiger partial charge in [-0.15, -0.1) is 0 Å². The second-order valence-corrected chi connectivity index (χ2v) is 19.2. The zero-order valence-corrected chi connectivity index (χ0v) is 29.4. The molecule has 246 valence electrons. The Morgan fingerprint density at radius 3 is 2.51 bits per heavy atom. The Bertz CT molecular complexity index is 1600. The van der Waals surface area contributed by atoms with Crippen molar-refractivity contribution in [2.24, 2.45) is 5.92 Å². The molecule has 2 amide bonds. The zero-order chi connectivity index (χ0) is 33.5. The molecule has 11 heteroatoms. The maximum atomic E-state index is 15.2. The van der Waals surface area contributed by atoms with Crippen LogP contribution in [0, 0.1) is 25.6 Å². The first-order valence-electron chi connectivity index (χ1n) is 15.7. The van der Waals surface area contributed by atoms with E-state index in [1.54, 1.807) is 30.8 Å². The van der Waals surface area contributed by atoms with Gasteiger partial charge < -0.3 is 24.1 Å². The smallest absolute Gasteiger partial charge is 0.274 e. The number of halogens is 1. The van der Waals surface area contributed by atoms with Crippen LogP contribution in [0.15, 0.2) is 35.3 Å². The fourth-order valence-electron chi connectivity index (χ4n) is 5.08. The summed E-state index contributed by atoms with van der Waals surface area (Å²) in [5.41, 5.74) is 4.29. The molecule has 0 bridgehead atoms. The van der Waals surface area contributed by atoms with Crippen LogP contribution in [0.4, 0.5) is 10.1 Å². The number of allylic oxidation sites excluding steroid dienone is 1. The van der Waals surface area contributed by atoms with Crippen LogP contribution >= 0.6 is 0 Å². The van der Waals surface area contributed by atoms with Gasteiger partial charge in [-0.2, -0.15) is 0 Å². The molecule has 0 aliphatic heterocycles. The molecule has 0 fully saturated rings. The van der Waals surface area contributed by atoms with E-state index in [0.717, 1.165) is 23.0 Å². The molecule has 9 nitrogen and oxygen atoms in total. The van der Waals surface area contributed by atoms with Crippen LogP contribution in [0.3, 0.4) is 0 Å². The third-order valence-corrected chi connectivity index (χ3v) is 9.47. The maximum Gasteiger partial charge on any atom is 0.274 e. The number of aryl methyl sites for hydroxylation is 2. The van der Waals surface area contributed by atoms with Gasteiger partial charge in [0.05, 0.1) is 23.8 Å². The minimum atomic E-state index is -1.32. The van der Waals surface area contributed by atoms with E-state index in [2.05, 4.69) is 43.8 Å². The molecule has 3 aromatic rings. The lowest BCUT2D eigenvalue weighted by molar-refractivity contribution is -0.123. The van der Waals surface area contributed by atoms with Crippen molar-refractivity contribution in [2.45, 2.75) is 92.3 Å². The Hall–Kier alpha value is -3.57. The summed E-state index contributed by atoms with van der Waals surface area (Å²) in [4.78, 5) is 44.0. The van der Waals surface area contributed by atoms with Crippen molar-refractivity contribution in [3.63, 3.8) is 0 Å². The highest BCUT2D eigenvalue weighted by atomic mass is 28.3. The van der Waals surface area contributed by atoms with Gasteiger partial charge in [-0.05, 0) is 68.8 Å². The average Bonchev–Trinajstić information content (AvgIpc) is 3.21. The quantitative estimate of drug-likeness (QED) is 0.120. The van der Waals surface area contributed by atoms with Crippen molar-refractivity contribution in [1.82, 2.24) is 19.0 Å². The third kappa shape index (κ3) is 9.71. The molecule has 3 rings (SSSR count). The van der Waals surface area contributed by atoms with Crippen LogP contribution in [0.1, 0.15) is 55.6 Å². The molecule has 0 aliphatic rings. The first-order chi connectivity index (χ1) is 21.1. The molecule has 0 spiro atoms. The fourth-order valence-corrected chi connectivity index (χ4v) is 5.83. The number of carbonyl (C=O) groups is 2. The summed E-state index contributed by atoms with van der Waals surface area (Å²) in [6.45, 7) is 15.8. The number of unbranched alkanes of at least 4 members (excludes halogenated alkanes) is 1. The summed E-state index contributed by atoms with van der Waals surface area (Å²) in [5, 5.41) is 2.77. The molecular weight excluding hydrogens is 589 g/mol. The Kier molecular flexibility index (Phi) is 12.5. The number of hydrogen-bond donors (Lipinski definition) is 1. The highest BCUT2D eigenvalue weighted by molar-refractivity contribution is 6.76. The summed E-state index contributed by atoms with van der Waals surface area (Å²) < 4.78 is 25.0. The number of hydrogen-bond acceptors (Lipinski definition) is 5. The summed E-state index contributed by atoms with van der Waals surface area (Å²) in [6, 6.07) is 4.43. The van der Waals surface area contributed by atoms with Gasteiger partial charge in [-0.3, -0.25) is 19.4 Å². The van der Waals surface area contributed by atoms with Crippen LogP contribution in [0.5, 0.6) is 0 Å². The third-order valence-electron chi connectivity index (χ3n) is 7.77. The molecule has 0 unspecified atom stereocenters. The number of likely N-dealkylation sites (N-methyl/N-ethyl adjacent to an activating group) is 1. The predicted molar refractivity (Wildman–Crippen MR) is 182 cm³/mol. The summed E-state index contributed by atoms with van der Waals surface area (Å²) in [6.07, 6.45) is 6.40. The lowest BCUT2D eigenvalue weighted by Gasteiger charge is -2.19. The lowest BCUT2D eigenvalue weighted by Crippen LogP contribution is -2.28. The normalized spacial score (nSPS) is 12.1. The molecule has 0 aliphatic carbocycles. The molecule has 3 heterocycles. The Balaban J connectivity index is 1.93. The van der Waals surface area contributed by atoms with E-state index in [1.165, 1.54) is 17.2 Å². The van der Waals surface area contributed by atoms with Crippen molar-refractivity contribution < 1.29 is 18.7 Å². The molecule has 0 aromatic carbocycles. The standard InChI is InChI=1S/C34H50FN5O4Si/c1-23(2)19-26-27(35)20-36-32-25(4)29(40(33(26)32)22-44-17-18-45(7,8)9)21-39-24(3)15-16-28(34(39)43)37-30(41)13-11-10-12-14-31(42)38(5)6/h12,14-16,20,23H,10-11,13,17-19,21-22H2,1-9H3,(H,37,41)/b14-12+. The first-order valence-corrected chi connectivity index (χ1v) is 19.4. The minimum absolute atomic E-state index is 0.107. The van der Waals surface area contributed by atoms with Crippen LogP contribution in [-0.4, -0.2) is 59.6 Å². The van der Waals surface area contributed by atoms with Crippen molar-refractivity contribution in [3.8, 4) is 0 Å². The van der Waals surface area contributed by atoms with E-state index in [-0.39, 0.29) is 54.5 Å². The zero-order valence-electron chi connectivity index (χ0n) is 28.4. The molecule has 1 N–H and O–H groups in total. The number of aromatic nitrogens is 3. The van der Waals surface area contributed by atoms with Gasteiger partial charge in [0.1, 0.15) is 18.2 Å². The SMILES string of the molecule is Cc1c(Cn2c(C)ccc(NC(=O)CCC/C=C/C(=O)N(C)C)c2=O)n(COCC[Si](C)(C)C)c2c(CC(C)C)c(F)cnc12. The van der Waals surface area contributed by atoms with Crippen molar-refractivity contribution >= 4 is 36.6 Å². The van der Waals surface area contributed by atoms with Crippen molar-refractivity contribution in [3.05, 3.63) is 69.2 Å². The number of nitrogens with zero attached hydrogens (tertiary/aromatic N) is 4. The first kappa shape index (κ1) is 35.9.